The molecule has 1 rings (SSSR count). The summed E-state index contributed by atoms with van der Waals surface area (Å²) in [4.78, 5) is 23.6. The highest BCUT2D eigenvalue weighted by atomic mass is 16.6. The van der Waals surface area contributed by atoms with Crippen LogP contribution in [-0.4, -0.2) is 11.1 Å². The molecule has 1 amide bonds. The van der Waals surface area contributed by atoms with Crippen molar-refractivity contribution in [3.63, 3.8) is 0 Å². The molecule has 0 saturated heterocycles. The number of ether oxygens (including phenoxy) is 1. The van der Waals surface area contributed by atoms with Crippen molar-refractivity contribution in [3.05, 3.63) is 35.0 Å². The van der Waals surface area contributed by atoms with Gasteiger partial charge < -0.3 is 4.74 Å². The standard InChI is InChI=1S/C7H6N2O3/c10-7(9-11)12-5-6-1-3-8-4-2-6/h1-4H,5H2. The molecular formula is C7H6N2O3. The van der Waals surface area contributed by atoms with Crippen LogP contribution in [-0.2, 0) is 11.3 Å². The second kappa shape index (κ2) is 4.17. The van der Waals surface area contributed by atoms with E-state index in [1.165, 1.54) is 0 Å². The van der Waals surface area contributed by atoms with E-state index >= 15 is 0 Å². The molecule has 0 radical (unpaired) electrons. The van der Waals surface area contributed by atoms with Crippen molar-refractivity contribution in [3.8, 4) is 0 Å². The number of hydrogen-bond donors (Lipinski definition) is 0. The van der Waals surface area contributed by atoms with Crippen LogP contribution in [0.25, 0.3) is 0 Å². The van der Waals surface area contributed by atoms with E-state index in [9.17, 15) is 9.70 Å². The fourth-order valence-corrected chi connectivity index (χ4v) is 0.650. The predicted octanol–water partition coefficient (Wildman–Crippen LogP) is 1.48. The SMILES string of the molecule is O=NC(=O)OCc1ccncc1. The average molecular weight is 166 g/mol. The van der Waals surface area contributed by atoms with E-state index in [0.717, 1.165) is 5.56 Å². The summed E-state index contributed by atoms with van der Waals surface area (Å²) in [5.74, 6) is 0. The van der Waals surface area contributed by atoms with Gasteiger partial charge in [-0.15, -0.1) is 4.91 Å². The largest absolute Gasteiger partial charge is 0.470 e. The fraction of sp³-hybridized carbons (Fsp3) is 0.143. The summed E-state index contributed by atoms with van der Waals surface area (Å²) in [6.45, 7) is 0.0487. The first-order valence-electron chi connectivity index (χ1n) is 3.22. The molecule has 0 N–H and O–H groups in total. The number of amides is 1. The number of nitrogens with zero attached hydrogens (tertiary/aromatic N) is 2. The van der Waals surface area contributed by atoms with Crippen LogP contribution in [0.4, 0.5) is 4.79 Å². The summed E-state index contributed by atoms with van der Waals surface area (Å²) >= 11 is 0. The summed E-state index contributed by atoms with van der Waals surface area (Å²) < 4.78 is 4.43. The highest BCUT2D eigenvalue weighted by molar-refractivity contribution is 5.67. The molecular weight excluding hydrogens is 160 g/mol. The van der Waals surface area contributed by atoms with Crippen LogP contribution in [0.1, 0.15) is 5.56 Å². The van der Waals surface area contributed by atoms with Gasteiger partial charge in [-0.3, -0.25) is 4.98 Å². The topological polar surface area (TPSA) is 68.6 Å². The Labute approximate surface area is 68.4 Å². The van der Waals surface area contributed by atoms with Gasteiger partial charge >= 0.3 is 6.09 Å². The lowest BCUT2D eigenvalue weighted by atomic mass is 10.3. The monoisotopic (exact) mass is 166 g/mol. The maximum absolute atomic E-state index is 10.3. The van der Waals surface area contributed by atoms with Gasteiger partial charge in [-0.2, -0.15) is 0 Å². The maximum Gasteiger partial charge on any atom is 0.470 e. The van der Waals surface area contributed by atoms with Crippen molar-refractivity contribution in [2.45, 2.75) is 6.61 Å². The van der Waals surface area contributed by atoms with E-state index in [1.807, 2.05) is 0 Å². The number of carbonyl (C=O) groups excluding carboxylic acids is 1. The lowest BCUT2D eigenvalue weighted by Crippen LogP contribution is -1.97. The molecule has 0 fully saturated rings. The Bertz CT molecular complexity index is 273. The Hall–Kier alpha value is -1.78. The molecule has 1 aromatic rings. The van der Waals surface area contributed by atoms with E-state index in [2.05, 4.69) is 14.9 Å². The maximum atomic E-state index is 10.3. The number of pyridine rings is 1. The van der Waals surface area contributed by atoms with Gasteiger partial charge in [-0.25, -0.2) is 4.79 Å². The van der Waals surface area contributed by atoms with Crippen molar-refractivity contribution in [2.24, 2.45) is 5.18 Å². The Morgan fingerprint density at radius 1 is 1.50 bits per heavy atom. The summed E-state index contributed by atoms with van der Waals surface area (Å²) in [6.07, 6.45) is 2.03. The molecule has 0 aliphatic heterocycles. The van der Waals surface area contributed by atoms with Crippen LogP contribution >= 0.6 is 0 Å². The number of carbonyl (C=O) groups is 1. The fourth-order valence-electron chi connectivity index (χ4n) is 0.650. The zero-order valence-electron chi connectivity index (χ0n) is 6.14. The Morgan fingerprint density at radius 3 is 2.75 bits per heavy atom. The number of hydrogen-bond acceptors (Lipinski definition) is 4. The molecule has 0 saturated carbocycles. The van der Waals surface area contributed by atoms with Crippen LogP contribution in [0.5, 0.6) is 0 Å². The van der Waals surface area contributed by atoms with Gasteiger partial charge in [0, 0.05) is 12.4 Å². The van der Waals surface area contributed by atoms with Gasteiger partial charge in [-0.1, -0.05) is 0 Å². The molecule has 12 heavy (non-hydrogen) atoms. The first-order valence-corrected chi connectivity index (χ1v) is 3.22. The van der Waals surface area contributed by atoms with E-state index in [4.69, 9.17) is 0 Å². The van der Waals surface area contributed by atoms with Gasteiger partial charge in [-0.05, 0) is 17.7 Å². The molecule has 1 heterocycles. The van der Waals surface area contributed by atoms with Gasteiger partial charge in [0.25, 0.3) is 0 Å². The summed E-state index contributed by atoms with van der Waals surface area (Å²) in [6, 6.07) is 3.36. The summed E-state index contributed by atoms with van der Waals surface area (Å²) in [5.41, 5.74) is 0.766. The number of nitroso groups, excluding NO2 is 1. The third-order valence-corrected chi connectivity index (χ3v) is 1.19. The summed E-state index contributed by atoms with van der Waals surface area (Å²) in [5, 5.41) is 2.08. The quantitative estimate of drug-likeness (QED) is 0.624. The Morgan fingerprint density at radius 2 is 2.17 bits per heavy atom. The highest BCUT2D eigenvalue weighted by Gasteiger charge is 2.00. The van der Waals surface area contributed by atoms with Crippen LogP contribution in [0, 0.1) is 4.91 Å². The van der Waals surface area contributed by atoms with E-state index in [-0.39, 0.29) is 6.61 Å². The Kier molecular flexibility index (Phi) is 2.89. The van der Waals surface area contributed by atoms with E-state index in [0.29, 0.717) is 0 Å². The molecule has 0 aliphatic rings. The van der Waals surface area contributed by atoms with Crippen molar-refractivity contribution in [1.29, 1.82) is 0 Å². The molecule has 5 nitrogen and oxygen atoms in total. The number of rotatable bonds is 2. The normalized spacial score (nSPS) is 9.00. The summed E-state index contributed by atoms with van der Waals surface area (Å²) in [7, 11) is 0. The average Bonchev–Trinajstić information content (AvgIpc) is 2.16. The molecule has 62 valence electrons. The van der Waals surface area contributed by atoms with Crippen molar-refractivity contribution < 1.29 is 9.53 Å². The van der Waals surface area contributed by atoms with Crippen molar-refractivity contribution in [2.75, 3.05) is 0 Å². The van der Waals surface area contributed by atoms with Gasteiger partial charge in [0.2, 0.25) is 0 Å². The van der Waals surface area contributed by atoms with Gasteiger partial charge in [0.1, 0.15) is 6.61 Å². The molecule has 0 atom stereocenters. The third-order valence-electron chi connectivity index (χ3n) is 1.19. The Balaban J connectivity index is 2.43. The van der Waals surface area contributed by atoms with Gasteiger partial charge in [0.05, 0.1) is 5.18 Å². The van der Waals surface area contributed by atoms with Crippen LogP contribution in [0.15, 0.2) is 29.7 Å². The minimum Gasteiger partial charge on any atom is -0.441 e. The minimum atomic E-state index is -1.10. The smallest absolute Gasteiger partial charge is 0.441 e. The zero-order chi connectivity index (χ0) is 8.81. The van der Waals surface area contributed by atoms with Crippen LogP contribution < -0.4 is 0 Å². The molecule has 0 spiro atoms. The third kappa shape index (κ3) is 2.45. The minimum absolute atomic E-state index is 0.0487. The van der Waals surface area contributed by atoms with Crippen molar-refractivity contribution in [1.82, 2.24) is 4.98 Å². The molecule has 0 aromatic carbocycles. The van der Waals surface area contributed by atoms with E-state index in [1.54, 1.807) is 24.5 Å². The molecule has 5 heteroatoms. The van der Waals surface area contributed by atoms with Crippen molar-refractivity contribution >= 4 is 6.09 Å². The second-order valence-corrected chi connectivity index (χ2v) is 2.00. The highest BCUT2D eigenvalue weighted by Crippen LogP contribution is 1.99. The molecule has 0 aliphatic carbocycles. The van der Waals surface area contributed by atoms with Gasteiger partial charge in [0.15, 0.2) is 0 Å². The molecule has 0 bridgehead atoms. The van der Waals surface area contributed by atoms with Crippen LogP contribution in [0.2, 0.25) is 0 Å². The first-order chi connectivity index (χ1) is 5.83. The lowest BCUT2D eigenvalue weighted by molar-refractivity contribution is 0.150. The zero-order valence-corrected chi connectivity index (χ0v) is 6.14. The number of aromatic nitrogens is 1. The molecule has 0 unspecified atom stereocenters. The lowest BCUT2D eigenvalue weighted by Gasteiger charge is -1.97. The first kappa shape index (κ1) is 8.32. The van der Waals surface area contributed by atoms with Crippen LogP contribution in [0.3, 0.4) is 0 Å². The second-order valence-electron chi connectivity index (χ2n) is 2.00. The predicted molar refractivity (Wildman–Crippen MR) is 40.2 cm³/mol. The molecule has 1 aromatic heterocycles. The van der Waals surface area contributed by atoms with E-state index < -0.39 is 6.09 Å².